The van der Waals surface area contributed by atoms with Crippen LogP contribution in [-0.2, 0) is 11.3 Å². The maximum absolute atomic E-state index is 13.1. The molecule has 0 aliphatic rings. The largest absolute Gasteiger partial charge is 0.325 e. The molecule has 148 valence electrons. The number of nitrogens with one attached hydrogen (secondary N) is 1. The first-order valence-electron chi connectivity index (χ1n) is 9.08. The van der Waals surface area contributed by atoms with Crippen molar-refractivity contribution < 1.29 is 4.79 Å². The maximum atomic E-state index is 13.1. The van der Waals surface area contributed by atoms with Crippen LogP contribution in [0, 0.1) is 27.7 Å². The summed E-state index contributed by atoms with van der Waals surface area (Å²) in [5.41, 5.74) is 4.11. The van der Waals surface area contributed by atoms with E-state index in [-0.39, 0.29) is 18.0 Å². The van der Waals surface area contributed by atoms with Crippen molar-refractivity contribution in [1.29, 1.82) is 0 Å². The average molecular weight is 471 g/mol. The summed E-state index contributed by atoms with van der Waals surface area (Å²) in [6.07, 6.45) is 0. The number of benzene rings is 1. The van der Waals surface area contributed by atoms with Gasteiger partial charge in [-0.1, -0.05) is 15.9 Å². The minimum Gasteiger partial charge on any atom is -0.325 e. The average Bonchev–Trinajstić information content (AvgIpc) is 3.00. The second kappa shape index (κ2) is 7.35. The van der Waals surface area contributed by atoms with E-state index in [0.717, 1.165) is 31.5 Å². The summed E-state index contributed by atoms with van der Waals surface area (Å²) in [6, 6.07) is 7.56. The molecule has 3 aromatic heterocycles. The summed E-state index contributed by atoms with van der Waals surface area (Å²) in [6.45, 7) is 7.54. The molecule has 0 saturated carbocycles. The number of hydrogen-bond acceptors (Lipinski definition) is 5. The molecule has 0 atom stereocenters. The molecule has 0 unspecified atom stereocenters. The number of amides is 1. The molecule has 4 rings (SSSR count). The van der Waals surface area contributed by atoms with E-state index in [1.807, 2.05) is 45.0 Å². The summed E-state index contributed by atoms with van der Waals surface area (Å²) in [5.74, 6) is 0.230. The second-order valence-electron chi connectivity index (χ2n) is 7.10. The van der Waals surface area contributed by atoms with Crippen LogP contribution < -0.4 is 10.9 Å². The fourth-order valence-electron chi connectivity index (χ4n) is 3.42. The van der Waals surface area contributed by atoms with Gasteiger partial charge < -0.3 is 5.32 Å². The first-order chi connectivity index (χ1) is 13.7. The predicted molar refractivity (Wildman–Crippen MR) is 121 cm³/mol. The van der Waals surface area contributed by atoms with Gasteiger partial charge in [0.25, 0.3) is 5.56 Å². The number of pyridine rings is 1. The van der Waals surface area contributed by atoms with Gasteiger partial charge in [-0.05, 0) is 63.1 Å². The highest BCUT2D eigenvalue weighted by molar-refractivity contribution is 9.10. The van der Waals surface area contributed by atoms with Gasteiger partial charge in [0.1, 0.15) is 21.9 Å². The molecule has 0 bridgehead atoms. The number of fused-ring (bicyclic) bond motifs is 3. The summed E-state index contributed by atoms with van der Waals surface area (Å²) in [7, 11) is 0. The van der Waals surface area contributed by atoms with Crippen molar-refractivity contribution in [2.45, 2.75) is 34.2 Å². The van der Waals surface area contributed by atoms with E-state index >= 15 is 0 Å². The van der Waals surface area contributed by atoms with Crippen LogP contribution in [0.25, 0.3) is 20.4 Å². The molecule has 1 aromatic carbocycles. The van der Waals surface area contributed by atoms with Crippen LogP contribution >= 0.6 is 27.3 Å². The lowest BCUT2D eigenvalue weighted by molar-refractivity contribution is -0.116. The molecule has 6 nitrogen and oxygen atoms in total. The molecule has 29 heavy (non-hydrogen) atoms. The van der Waals surface area contributed by atoms with Gasteiger partial charge in [-0.25, -0.2) is 9.97 Å². The Morgan fingerprint density at radius 2 is 1.90 bits per heavy atom. The number of hydrogen-bond donors (Lipinski definition) is 1. The Morgan fingerprint density at radius 3 is 2.62 bits per heavy atom. The number of carbonyl (C=O) groups excluding carboxylic acids is 1. The van der Waals surface area contributed by atoms with Crippen LogP contribution in [0.2, 0.25) is 0 Å². The second-order valence-corrected chi connectivity index (χ2v) is 8.96. The van der Waals surface area contributed by atoms with E-state index in [1.54, 1.807) is 6.92 Å². The van der Waals surface area contributed by atoms with Crippen LogP contribution in [0.3, 0.4) is 0 Å². The SMILES string of the molecule is Cc1cc(C)c2c(n1)sc1c(=O)n(CC(=O)Nc3ccc(Br)c(C)c3)c(C)nc12. The first kappa shape index (κ1) is 19.7. The minimum absolute atomic E-state index is 0.0948. The first-order valence-corrected chi connectivity index (χ1v) is 10.7. The van der Waals surface area contributed by atoms with Crippen molar-refractivity contribution >= 4 is 59.3 Å². The van der Waals surface area contributed by atoms with Crippen LogP contribution in [0.5, 0.6) is 0 Å². The van der Waals surface area contributed by atoms with Crippen LogP contribution in [-0.4, -0.2) is 20.4 Å². The summed E-state index contributed by atoms with van der Waals surface area (Å²) >= 11 is 4.78. The summed E-state index contributed by atoms with van der Waals surface area (Å²) in [4.78, 5) is 35.7. The van der Waals surface area contributed by atoms with Crippen molar-refractivity contribution in [2.75, 3.05) is 5.32 Å². The number of aromatic nitrogens is 3. The molecule has 4 aromatic rings. The predicted octanol–water partition coefficient (Wildman–Crippen LogP) is 4.64. The van der Waals surface area contributed by atoms with Crippen molar-refractivity contribution in [1.82, 2.24) is 14.5 Å². The highest BCUT2D eigenvalue weighted by Gasteiger charge is 2.18. The highest BCUT2D eigenvalue weighted by Crippen LogP contribution is 2.32. The topological polar surface area (TPSA) is 76.9 Å². The fraction of sp³-hybridized carbons (Fsp3) is 0.238. The van der Waals surface area contributed by atoms with Crippen molar-refractivity contribution in [3.63, 3.8) is 0 Å². The van der Waals surface area contributed by atoms with E-state index < -0.39 is 0 Å². The van der Waals surface area contributed by atoms with E-state index in [4.69, 9.17) is 0 Å². The Bertz CT molecular complexity index is 1360. The van der Waals surface area contributed by atoms with Gasteiger partial charge in [-0.15, -0.1) is 11.3 Å². The van der Waals surface area contributed by atoms with Crippen molar-refractivity contribution in [3.8, 4) is 0 Å². The molecule has 1 N–H and O–H groups in total. The number of halogens is 1. The Kier molecular flexibility index (Phi) is 5.00. The number of anilines is 1. The van der Waals surface area contributed by atoms with Crippen LogP contribution in [0.4, 0.5) is 5.69 Å². The Balaban J connectivity index is 1.73. The quantitative estimate of drug-likeness (QED) is 0.472. The van der Waals surface area contributed by atoms with E-state index in [0.29, 0.717) is 21.7 Å². The van der Waals surface area contributed by atoms with Gasteiger partial charge in [0.05, 0.1) is 5.52 Å². The molecule has 0 aliphatic carbocycles. The van der Waals surface area contributed by atoms with E-state index in [2.05, 4.69) is 31.2 Å². The number of carbonyl (C=O) groups is 1. The Hall–Kier alpha value is -2.58. The van der Waals surface area contributed by atoms with Crippen molar-refractivity contribution in [3.05, 3.63) is 61.7 Å². The highest BCUT2D eigenvalue weighted by atomic mass is 79.9. The lowest BCUT2D eigenvalue weighted by Gasteiger charge is -2.11. The smallest absolute Gasteiger partial charge is 0.272 e. The number of aryl methyl sites for hydroxylation is 4. The molecule has 8 heteroatoms. The number of nitrogens with zero attached hydrogens (tertiary/aromatic N) is 3. The molecule has 0 fully saturated rings. The maximum Gasteiger partial charge on any atom is 0.272 e. The van der Waals surface area contributed by atoms with Gasteiger partial charge in [0.2, 0.25) is 5.91 Å². The zero-order valence-electron chi connectivity index (χ0n) is 16.5. The Morgan fingerprint density at radius 1 is 1.14 bits per heavy atom. The third-order valence-electron chi connectivity index (χ3n) is 4.81. The van der Waals surface area contributed by atoms with Gasteiger partial charge in [0.15, 0.2) is 0 Å². The molecule has 0 saturated heterocycles. The molecular formula is C21H19BrN4O2S. The van der Waals surface area contributed by atoms with Gasteiger partial charge in [-0.2, -0.15) is 0 Å². The third kappa shape index (κ3) is 3.58. The van der Waals surface area contributed by atoms with E-state index in [1.165, 1.54) is 15.9 Å². The molecule has 0 spiro atoms. The van der Waals surface area contributed by atoms with Gasteiger partial charge in [-0.3, -0.25) is 14.2 Å². The van der Waals surface area contributed by atoms with Crippen molar-refractivity contribution in [2.24, 2.45) is 0 Å². The Labute approximate surface area is 179 Å². The van der Waals surface area contributed by atoms with E-state index in [9.17, 15) is 9.59 Å². The third-order valence-corrected chi connectivity index (χ3v) is 6.76. The monoisotopic (exact) mass is 470 g/mol. The molecule has 0 radical (unpaired) electrons. The molecule has 3 heterocycles. The van der Waals surface area contributed by atoms with Gasteiger partial charge >= 0.3 is 0 Å². The zero-order valence-corrected chi connectivity index (χ0v) is 18.9. The lowest BCUT2D eigenvalue weighted by atomic mass is 10.1. The lowest BCUT2D eigenvalue weighted by Crippen LogP contribution is -2.29. The van der Waals surface area contributed by atoms with Crippen LogP contribution in [0.15, 0.2) is 33.5 Å². The molecule has 1 amide bonds. The normalized spacial score (nSPS) is 11.3. The molecular weight excluding hydrogens is 452 g/mol. The molecule has 0 aliphatic heterocycles. The fourth-order valence-corrected chi connectivity index (χ4v) is 4.85. The number of thiophene rings is 1. The van der Waals surface area contributed by atoms with Crippen LogP contribution in [0.1, 0.15) is 22.6 Å². The number of rotatable bonds is 3. The summed E-state index contributed by atoms with van der Waals surface area (Å²) in [5, 5.41) is 3.76. The standard InChI is InChI=1S/C21H19BrN4O2S/c1-10-8-14(5-6-15(10)22)25-16(27)9-26-13(4)24-18-17-11(2)7-12(3)23-20(17)29-19(18)21(26)28/h5-8H,9H2,1-4H3,(H,25,27). The minimum atomic E-state index is -0.274. The summed E-state index contributed by atoms with van der Waals surface area (Å²) < 4.78 is 2.92. The van der Waals surface area contributed by atoms with Gasteiger partial charge in [0, 0.05) is 21.2 Å². The zero-order chi connectivity index (χ0) is 20.9.